The minimum absolute atomic E-state index is 0.0982. The van der Waals surface area contributed by atoms with E-state index in [-0.39, 0.29) is 11.9 Å². The number of anilines is 3. The first kappa shape index (κ1) is 19.4. The van der Waals surface area contributed by atoms with Gasteiger partial charge in [0.05, 0.1) is 27.8 Å². The highest BCUT2D eigenvalue weighted by Crippen LogP contribution is 2.31. The Labute approximate surface area is 173 Å². The Bertz CT molecular complexity index is 1030. The number of hydrogen-bond donors (Lipinski definition) is 3. The van der Waals surface area contributed by atoms with Crippen LogP contribution in [0.1, 0.15) is 31.4 Å². The summed E-state index contributed by atoms with van der Waals surface area (Å²) in [5.41, 5.74) is 2.84. The number of fused-ring (bicyclic) bond motifs is 1. The van der Waals surface area contributed by atoms with Crippen LogP contribution in [-0.4, -0.2) is 37.7 Å². The molecule has 9 heteroatoms. The average molecular weight is 412 g/mol. The molecule has 3 heterocycles. The minimum Gasteiger partial charge on any atom is -0.366 e. The number of carbonyl (C=O) groups excluding carboxylic acids is 1. The number of thiophene rings is 1. The lowest BCUT2D eigenvalue weighted by atomic mass is 9.91. The van der Waals surface area contributed by atoms with E-state index in [1.54, 1.807) is 17.5 Å². The van der Waals surface area contributed by atoms with E-state index in [0.29, 0.717) is 12.0 Å². The number of nitrogens with one attached hydrogen (secondary N) is 3. The zero-order valence-corrected chi connectivity index (χ0v) is 17.4. The van der Waals surface area contributed by atoms with Gasteiger partial charge >= 0.3 is 0 Å². The van der Waals surface area contributed by atoms with E-state index in [1.807, 2.05) is 30.1 Å². The lowest BCUT2D eigenvalue weighted by molar-refractivity contribution is -0.117. The first-order valence-corrected chi connectivity index (χ1v) is 10.6. The molecule has 152 valence electrons. The highest BCUT2D eigenvalue weighted by Gasteiger charge is 2.23. The molecule has 1 amide bonds. The summed E-state index contributed by atoms with van der Waals surface area (Å²) in [6.45, 7) is 5.52. The lowest BCUT2D eigenvalue weighted by Crippen LogP contribution is -2.39. The van der Waals surface area contributed by atoms with Crippen molar-refractivity contribution in [2.24, 2.45) is 7.05 Å². The smallest absolute Gasteiger partial charge is 0.243 e. The Kier molecular flexibility index (Phi) is 5.48. The van der Waals surface area contributed by atoms with Gasteiger partial charge in [0.25, 0.3) is 0 Å². The second-order valence-corrected chi connectivity index (χ2v) is 8.24. The first-order valence-electron chi connectivity index (χ1n) is 9.74. The van der Waals surface area contributed by atoms with Crippen LogP contribution in [0, 0.1) is 6.92 Å². The molecule has 0 saturated heterocycles. The third-order valence-electron chi connectivity index (χ3n) is 5.39. The highest BCUT2D eigenvalue weighted by atomic mass is 32.1. The van der Waals surface area contributed by atoms with Crippen LogP contribution in [0.25, 0.3) is 10.2 Å². The van der Waals surface area contributed by atoms with Crippen molar-refractivity contribution < 1.29 is 4.79 Å². The number of hydrogen-bond acceptors (Lipinski definition) is 7. The first-order chi connectivity index (χ1) is 14.0. The molecule has 4 rings (SSSR count). The zero-order valence-electron chi connectivity index (χ0n) is 16.6. The van der Waals surface area contributed by atoms with Crippen LogP contribution in [-0.2, 0) is 11.8 Å². The Hall–Kier alpha value is -2.94. The SMILES string of the molecule is C=CC(=O)N[C@H]1CC[C@@H](Nc2nc(Nc3cnn(C)c3C)nc3ccsc23)CC1. The van der Waals surface area contributed by atoms with Gasteiger partial charge in [-0.1, -0.05) is 6.58 Å². The number of rotatable bonds is 6. The van der Waals surface area contributed by atoms with E-state index in [0.717, 1.165) is 53.1 Å². The van der Waals surface area contributed by atoms with Crippen molar-refractivity contribution in [1.29, 1.82) is 0 Å². The normalized spacial score (nSPS) is 19.1. The van der Waals surface area contributed by atoms with Gasteiger partial charge < -0.3 is 16.0 Å². The predicted octanol–water partition coefficient (Wildman–Crippen LogP) is 3.50. The molecule has 0 aromatic carbocycles. The number of nitrogens with zero attached hydrogens (tertiary/aromatic N) is 4. The summed E-state index contributed by atoms with van der Waals surface area (Å²) in [5.74, 6) is 1.31. The summed E-state index contributed by atoms with van der Waals surface area (Å²) in [7, 11) is 1.91. The molecule has 1 fully saturated rings. The second-order valence-electron chi connectivity index (χ2n) is 7.33. The van der Waals surface area contributed by atoms with Crippen molar-refractivity contribution in [3.8, 4) is 0 Å². The van der Waals surface area contributed by atoms with Gasteiger partial charge in [0, 0.05) is 19.1 Å². The molecular weight excluding hydrogens is 386 g/mol. The maximum Gasteiger partial charge on any atom is 0.243 e. The molecule has 1 aliphatic rings. The second kappa shape index (κ2) is 8.20. The standard InChI is InChI=1S/C20H25N7OS/c1-4-17(28)22-13-5-7-14(8-6-13)23-19-18-15(9-10-29-18)24-20(26-19)25-16-11-21-27(3)12(16)2/h4,9-11,13-14H,1,5-8H2,2-3H3,(H,22,28)(H2,23,24,25,26)/t13-,14+. The van der Waals surface area contributed by atoms with Crippen molar-refractivity contribution >= 4 is 44.9 Å². The van der Waals surface area contributed by atoms with Gasteiger partial charge in [-0.05, 0) is 50.1 Å². The third kappa shape index (κ3) is 4.24. The zero-order chi connectivity index (χ0) is 20.4. The predicted molar refractivity (Wildman–Crippen MR) is 117 cm³/mol. The van der Waals surface area contributed by atoms with E-state index >= 15 is 0 Å². The largest absolute Gasteiger partial charge is 0.366 e. The number of aryl methyl sites for hydroxylation is 1. The fraction of sp³-hybridized carbons (Fsp3) is 0.400. The molecule has 3 aromatic heterocycles. The van der Waals surface area contributed by atoms with Gasteiger partial charge in [-0.3, -0.25) is 9.48 Å². The Morgan fingerprint density at radius 1 is 1.28 bits per heavy atom. The Morgan fingerprint density at radius 3 is 2.72 bits per heavy atom. The molecule has 0 spiro atoms. The van der Waals surface area contributed by atoms with E-state index in [9.17, 15) is 4.79 Å². The topological polar surface area (TPSA) is 96.8 Å². The summed E-state index contributed by atoms with van der Waals surface area (Å²) in [6.07, 6.45) is 6.94. The van der Waals surface area contributed by atoms with Gasteiger partial charge in [0.2, 0.25) is 11.9 Å². The molecule has 0 unspecified atom stereocenters. The van der Waals surface area contributed by atoms with Gasteiger partial charge in [-0.15, -0.1) is 11.3 Å². The fourth-order valence-electron chi connectivity index (χ4n) is 3.59. The number of amides is 1. The van der Waals surface area contributed by atoms with Crippen LogP contribution in [0.2, 0.25) is 0 Å². The van der Waals surface area contributed by atoms with Crippen LogP contribution in [0.15, 0.2) is 30.3 Å². The molecule has 0 aliphatic heterocycles. The van der Waals surface area contributed by atoms with Crippen molar-refractivity contribution in [2.45, 2.75) is 44.7 Å². The van der Waals surface area contributed by atoms with E-state index in [1.165, 1.54) is 6.08 Å². The van der Waals surface area contributed by atoms with Crippen LogP contribution < -0.4 is 16.0 Å². The minimum atomic E-state index is -0.0982. The van der Waals surface area contributed by atoms with Crippen LogP contribution >= 0.6 is 11.3 Å². The summed E-state index contributed by atoms with van der Waals surface area (Å²) < 4.78 is 2.87. The van der Waals surface area contributed by atoms with Crippen LogP contribution in [0.4, 0.5) is 17.5 Å². The van der Waals surface area contributed by atoms with Gasteiger partial charge in [0.1, 0.15) is 5.82 Å². The Morgan fingerprint density at radius 2 is 2.03 bits per heavy atom. The monoisotopic (exact) mass is 411 g/mol. The maximum absolute atomic E-state index is 11.5. The van der Waals surface area contributed by atoms with E-state index in [2.05, 4.69) is 32.6 Å². The maximum atomic E-state index is 11.5. The summed E-state index contributed by atoms with van der Waals surface area (Å²) >= 11 is 1.64. The lowest BCUT2D eigenvalue weighted by Gasteiger charge is -2.29. The highest BCUT2D eigenvalue weighted by molar-refractivity contribution is 7.17. The van der Waals surface area contributed by atoms with Gasteiger partial charge in [0.15, 0.2) is 0 Å². The van der Waals surface area contributed by atoms with E-state index in [4.69, 9.17) is 4.98 Å². The molecule has 1 saturated carbocycles. The van der Waals surface area contributed by atoms with Crippen LogP contribution in [0.3, 0.4) is 0 Å². The molecule has 8 nitrogen and oxygen atoms in total. The average Bonchev–Trinajstić information content (AvgIpc) is 3.31. The summed E-state index contributed by atoms with van der Waals surface area (Å²) in [6, 6.07) is 2.55. The summed E-state index contributed by atoms with van der Waals surface area (Å²) in [5, 5.41) is 16.2. The number of aromatic nitrogens is 4. The number of carbonyl (C=O) groups is 1. The van der Waals surface area contributed by atoms with E-state index < -0.39 is 0 Å². The molecule has 0 bridgehead atoms. The van der Waals surface area contributed by atoms with Crippen molar-refractivity contribution in [3.05, 3.63) is 36.0 Å². The van der Waals surface area contributed by atoms with Crippen molar-refractivity contribution in [1.82, 2.24) is 25.1 Å². The van der Waals surface area contributed by atoms with Crippen molar-refractivity contribution in [3.63, 3.8) is 0 Å². The molecule has 1 aliphatic carbocycles. The molecule has 0 radical (unpaired) electrons. The van der Waals surface area contributed by atoms with Gasteiger partial charge in [-0.25, -0.2) is 4.98 Å². The quantitative estimate of drug-likeness (QED) is 0.537. The fourth-order valence-corrected chi connectivity index (χ4v) is 4.38. The Balaban J connectivity index is 1.49. The van der Waals surface area contributed by atoms with Crippen LogP contribution in [0.5, 0.6) is 0 Å². The molecule has 29 heavy (non-hydrogen) atoms. The third-order valence-corrected chi connectivity index (χ3v) is 6.30. The molecule has 3 aromatic rings. The molecule has 3 N–H and O–H groups in total. The summed E-state index contributed by atoms with van der Waals surface area (Å²) in [4.78, 5) is 20.9. The molecular formula is C20H25N7OS. The molecule has 0 atom stereocenters. The van der Waals surface area contributed by atoms with Crippen molar-refractivity contribution in [2.75, 3.05) is 10.6 Å². The van der Waals surface area contributed by atoms with Gasteiger partial charge in [-0.2, -0.15) is 10.1 Å².